The molecule has 2 aromatic heterocycles. The van der Waals surface area contributed by atoms with Crippen LogP contribution in [-0.2, 0) is 6.42 Å². The van der Waals surface area contributed by atoms with Gasteiger partial charge in [-0.3, -0.25) is 14.3 Å². The molecule has 0 spiro atoms. The first-order valence-corrected chi connectivity index (χ1v) is 9.94. The molecule has 0 saturated heterocycles. The minimum atomic E-state index is -0.540. The molecule has 0 aliphatic heterocycles. The Bertz CT molecular complexity index is 995. The van der Waals surface area contributed by atoms with Gasteiger partial charge in [-0.1, -0.05) is 37.2 Å². The third-order valence-electron chi connectivity index (χ3n) is 3.88. The highest BCUT2D eigenvalue weighted by molar-refractivity contribution is 7.99. The highest BCUT2D eigenvalue weighted by atomic mass is 35.5. The maximum absolute atomic E-state index is 11.6. The lowest BCUT2D eigenvalue weighted by molar-refractivity contribution is 0.631. The minimum Gasteiger partial charge on any atom is -0.311 e. The zero-order valence-corrected chi connectivity index (χ0v) is 16.6. The van der Waals surface area contributed by atoms with Gasteiger partial charge in [-0.2, -0.15) is 0 Å². The molecule has 0 saturated carbocycles. The number of thioether (sulfide) groups is 1. The van der Waals surface area contributed by atoms with Crippen molar-refractivity contribution in [3.63, 3.8) is 0 Å². The van der Waals surface area contributed by atoms with Crippen molar-refractivity contribution in [3.05, 3.63) is 67.7 Å². The fourth-order valence-corrected chi connectivity index (χ4v) is 3.86. The largest absolute Gasteiger partial charge is 0.325 e. The lowest BCUT2D eigenvalue weighted by Crippen LogP contribution is -2.23. The minimum absolute atomic E-state index is 0.277. The molecule has 7 nitrogen and oxygen atoms in total. The van der Waals surface area contributed by atoms with E-state index in [0.29, 0.717) is 22.5 Å². The number of benzene rings is 1. The number of nitrogens with one attached hydrogen (secondary N) is 2. The summed E-state index contributed by atoms with van der Waals surface area (Å²) in [5.74, 6) is 2.15. The van der Waals surface area contributed by atoms with Crippen molar-refractivity contribution in [3.8, 4) is 5.69 Å². The van der Waals surface area contributed by atoms with Gasteiger partial charge in [-0.25, -0.2) is 4.79 Å². The van der Waals surface area contributed by atoms with Crippen molar-refractivity contribution in [1.82, 2.24) is 24.7 Å². The Morgan fingerprint density at radius 1 is 1.15 bits per heavy atom. The molecule has 2 heterocycles. The molecule has 142 valence electrons. The van der Waals surface area contributed by atoms with Crippen LogP contribution in [0.2, 0.25) is 5.02 Å². The standard InChI is InChI=1S/C18H20ClN5O2S/c1-11(2)7-8-27-18-23-22-15(9-13-10-16(25)21-17(26)20-13)24(18)14-5-3-12(19)4-6-14/h3-6,10-11H,7-9H2,1-2H3,(H2,20,21,25,26). The van der Waals surface area contributed by atoms with Crippen molar-refractivity contribution in [2.75, 3.05) is 5.75 Å². The number of hydrogen-bond donors (Lipinski definition) is 2. The zero-order chi connectivity index (χ0) is 19.4. The van der Waals surface area contributed by atoms with Gasteiger partial charge in [0.25, 0.3) is 5.56 Å². The Morgan fingerprint density at radius 3 is 2.56 bits per heavy atom. The van der Waals surface area contributed by atoms with Crippen LogP contribution in [0.1, 0.15) is 31.8 Å². The van der Waals surface area contributed by atoms with E-state index in [2.05, 4.69) is 34.0 Å². The van der Waals surface area contributed by atoms with Crippen molar-refractivity contribution >= 4 is 23.4 Å². The Labute approximate surface area is 165 Å². The average Bonchev–Trinajstić information content (AvgIpc) is 2.97. The third kappa shape index (κ3) is 5.11. The molecule has 3 rings (SSSR count). The predicted octanol–water partition coefficient (Wildman–Crippen LogP) is 3.03. The molecule has 2 N–H and O–H groups in total. The molecule has 27 heavy (non-hydrogen) atoms. The van der Waals surface area contributed by atoms with Crippen LogP contribution in [-0.4, -0.2) is 30.5 Å². The number of hydrogen-bond acceptors (Lipinski definition) is 5. The van der Waals surface area contributed by atoms with Gasteiger partial charge in [0.05, 0.1) is 0 Å². The smallest absolute Gasteiger partial charge is 0.311 e. The van der Waals surface area contributed by atoms with E-state index in [1.54, 1.807) is 23.9 Å². The molecule has 0 aliphatic rings. The summed E-state index contributed by atoms with van der Waals surface area (Å²) in [4.78, 5) is 27.9. The monoisotopic (exact) mass is 405 g/mol. The number of nitrogens with zero attached hydrogens (tertiary/aromatic N) is 3. The van der Waals surface area contributed by atoms with E-state index in [9.17, 15) is 9.59 Å². The maximum atomic E-state index is 11.6. The molecule has 3 aromatic rings. The fourth-order valence-electron chi connectivity index (χ4n) is 2.53. The Morgan fingerprint density at radius 2 is 1.89 bits per heavy atom. The molecular weight excluding hydrogens is 386 g/mol. The van der Waals surface area contributed by atoms with E-state index >= 15 is 0 Å². The summed E-state index contributed by atoms with van der Waals surface area (Å²) in [5.41, 5.74) is 0.364. The first kappa shape index (κ1) is 19.4. The van der Waals surface area contributed by atoms with Crippen LogP contribution in [0.15, 0.2) is 45.1 Å². The van der Waals surface area contributed by atoms with Crippen LogP contribution >= 0.6 is 23.4 Å². The summed E-state index contributed by atoms with van der Waals surface area (Å²) in [5, 5.41) is 10.0. The molecular formula is C18H20ClN5O2S. The van der Waals surface area contributed by atoms with Gasteiger partial charge >= 0.3 is 5.69 Å². The summed E-state index contributed by atoms with van der Waals surface area (Å²) in [7, 11) is 0. The van der Waals surface area contributed by atoms with Crippen LogP contribution in [0.4, 0.5) is 0 Å². The Hall–Kier alpha value is -2.32. The van der Waals surface area contributed by atoms with E-state index < -0.39 is 11.2 Å². The maximum Gasteiger partial charge on any atom is 0.325 e. The first-order chi connectivity index (χ1) is 12.9. The van der Waals surface area contributed by atoms with Crippen molar-refractivity contribution in [2.45, 2.75) is 31.8 Å². The number of aromatic amines is 2. The molecule has 0 atom stereocenters. The van der Waals surface area contributed by atoms with Gasteiger partial charge < -0.3 is 4.98 Å². The quantitative estimate of drug-likeness (QED) is 0.589. The highest BCUT2D eigenvalue weighted by Crippen LogP contribution is 2.25. The lowest BCUT2D eigenvalue weighted by atomic mass is 10.2. The summed E-state index contributed by atoms with van der Waals surface area (Å²) < 4.78 is 1.93. The van der Waals surface area contributed by atoms with Gasteiger partial charge in [0, 0.05) is 34.6 Å². The summed E-state index contributed by atoms with van der Waals surface area (Å²) in [6.07, 6.45) is 1.34. The van der Waals surface area contributed by atoms with Crippen molar-refractivity contribution in [2.24, 2.45) is 5.92 Å². The van der Waals surface area contributed by atoms with Crippen LogP contribution in [0, 0.1) is 5.92 Å². The van der Waals surface area contributed by atoms with E-state index in [4.69, 9.17) is 11.6 Å². The fraction of sp³-hybridized carbons (Fsp3) is 0.333. The second-order valence-electron chi connectivity index (χ2n) is 6.53. The Kier molecular flexibility index (Phi) is 6.18. The highest BCUT2D eigenvalue weighted by Gasteiger charge is 2.16. The molecule has 9 heteroatoms. The predicted molar refractivity (Wildman–Crippen MR) is 107 cm³/mol. The SMILES string of the molecule is CC(C)CCSc1nnc(Cc2cc(=O)[nH]c(=O)[nH]2)n1-c1ccc(Cl)cc1. The van der Waals surface area contributed by atoms with Gasteiger partial charge in [-0.15, -0.1) is 10.2 Å². The molecule has 0 aliphatic carbocycles. The number of rotatable bonds is 7. The molecule has 0 radical (unpaired) electrons. The van der Waals surface area contributed by atoms with Crippen LogP contribution in [0.25, 0.3) is 5.69 Å². The molecule has 1 aromatic carbocycles. The Balaban J connectivity index is 1.97. The number of halogens is 1. The normalized spacial score (nSPS) is 11.3. The van der Waals surface area contributed by atoms with Gasteiger partial charge in [0.15, 0.2) is 5.16 Å². The second-order valence-corrected chi connectivity index (χ2v) is 8.03. The lowest BCUT2D eigenvalue weighted by Gasteiger charge is -2.11. The summed E-state index contributed by atoms with van der Waals surface area (Å²) in [6.45, 7) is 4.36. The van der Waals surface area contributed by atoms with E-state index in [-0.39, 0.29) is 6.42 Å². The second kappa shape index (κ2) is 8.58. The van der Waals surface area contributed by atoms with Gasteiger partial charge in [0.1, 0.15) is 5.82 Å². The number of H-pyrrole nitrogens is 2. The topological polar surface area (TPSA) is 96.4 Å². The molecule has 0 amide bonds. The van der Waals surface area contributed by atoms with E-state index in [1.807, 2.05) is 16.7 Å². The molecule has 0 bridgehead atoms. The van der Waals surface area contributed by atoms with Crippen LogP contribution in [0.3, 0.4) is 0 Å². The molecule has 0 unspecified atom stereocenters. The third-order valence-corrected chi connectivity index (χ3v) is 5.09. The number of aromatic nitrogens is 5. The molecule has 0 fully saturated rings. The average molecular weight is 406 g/mol. The first-order valence-electron chi connectivity index (χ1n) is 8.58. The van der Waals surface area contributed by atoms with Crippen LogP contribution in [0.5, 0.6) is 0 Å². The van der Waals surface area contributed by atoms with Gasteiger partial charge in [-0.05, 0) is 36.6 Å². The summed E-state index contributed by atoms with van der Waals surface area (Å²) in [6, 6.07) is 8.75. The summed E-state index contributed by atoms with van der Waals surface area (Å²) >= 11 is 7.64. The van der Waals surface area contributed by atoms with E-state index in [0.717, 1.165) is 23.0 Å². The van der Waals surface area contributed by atoms with Crippen molar-refractivity contribution < 1.29 is 0 Å². The zero-order valence-electron chi connectivity index (χ0n) is 15.0. The van der Waals surface area contributed by atoms with Gasteiger partial charge in [0.2, 0.25) is 0 Å². The van der Waals surface area contributed by atoms with E-state index in [1.165, 1.54) is 6.07 Å². The van der Waals surface area contributed by atoms with Crippen LogP contribution < -0.4 is 11.2 Å². The van der Waals surface area contributed by atoms with Crippen molar-refractivity contribution in [1.29, 1.82) is 0 Å².